The van der Waals surface area contributed by atoms with Gasteiger partial charge in [-0.2, -0.15) is 0 Å². The summed E-state index contributed by atoms with van der Waals surface area (Å²) < 4.78 is 0. The molecule has 0 bridgehead atoms. The van der Waals surface area contributed by atoms with E-state index in [1.54, 1.807) is 0 Å². The Balaban J connectivity index is 0. The molecule has 0 radical (unpaired) electrons. The van der Waals surface area contributed by atoms with Crippen LogP contribution in [0.4, 0.5) is 0 Å². The molecule has 0 saturated carbocycles. The van der Waals surface area contributed by atoms with Crippen molar-refractivity contribution < 1.29 is 47.2 Å². The molecule has 0 fully saturated rings. The van der Waals surface area contributed by atoms with Crippen LogP contribution in [0.1, 0.15) is 12.8 Å². The number of rotatable bonds is 5. The van der Waals surface area contributed by atoms with Crippen LogP contribution < -0.4 is 0 Å². The van der Waals surface area contributed by atoms with E-state index in [1.807, 2.05) is 0 Å². The fourth-order valence-electron chi connectivity index (χ4n) is 0.714. The zero-order valence-corrected chi connectivity index (χ0v) is 13.0. The SMILES string of the molecule is O=C(O)CC(O)(CC(=O)O)C(=O)O.[Cl][Ti]([Cl])([Cl])[Cl]. The minimum absolute atomic E-state index is 1.14. The first-order valence-electron chi connectivity index (χ1n) is 3.93. The van der Waals surface area contributed by atoms with Crippen molar-refractivity contribution in [3.8, 4) is 0 Å². The number of aliphatic carboxylic acids is 3. The maximum absolute atomic E-state index is 10.3. The van der Waals surface area contributed by atoms with Crippen LogP contribution >= 0.6 is 37.2 Å². The summed E-state index contributed by atoms with van der Waals surface area (Å²) in [4.78, 5) is 30.5. The van der Waals surface area contributed by atoms with Gasteiger partial charge in [0.05, 0.1) is 12.8 Å². The van der Waals surface area contributed by atoms with Gasteiger partial charge in [-0.15, -0.1) is 0 Å². The molecule has 0 aromatic rings. The number of hydrogen-bond acceptors (Lipinski definition) is 4. The van der Waals surface area contributed by atoms with Crippen molar-refractivity contribution in [3.05, 3.63) is 0 Å². The molecule has 0 rings (SSSR count). The van der Waals surface area contributed by atoms with Gasteiger partial charge in [0.1, 0.15) is 0 Å². The average Bonchev–Trinajstić information content (AvgIpc) is 1.95. The molecule has 4 N–H and O–H groups in total. The number of carboxylic acids is 3. The molecule has 0 amide bonds. The van der Waals surface area contributed by atoms with Crippen molar-refractivity contribution in [1.29, 1.82) is 0 Å². The molecule has 12 heteroatoms. The summed E-state index contributed by atoms with van der Waals surface area (Å²) in [6.07, 6.45) is -2.29. The van der Waals surface area contributed by atoms with Crippen LogP contribution in [0.3, 0.4) is 0 Å². The molecule has 0 aromatic heterocycles. The van der Waals surface area contributed by atoms with E-state index in [9.17, 15) is 14.4 Å². The monoisotopic (exact) mass is 380 g/mol. The van der Waals surface area contributed by atoms with E-state index in [1.165, 1.54) is 0 Å². The van der Waals surface area contributed by atoms with Crippen LogP contribution in [-0.4, -0.2) is 43.9 Å². The first-order valence-corrected chi connectivity index (χ1v) is 12.5. The van der Waals surface area contributed by atoms with Gasteiger partial charge in [0.15, 0.2) is 5.60 Å². The predicted molar refractivity (Wildman–Crippen MR) is 60.5 cm³/mol. The number of aliphatic hydroxyl groups is 1. The minimum atomic E-state index is -3.11. The van der Waals surface area contributed by atoms with Crippen molar-refractivity contribution in [2.75, 3.05) is 0 Å². The van der Waals surface area contributed by atoms with Gasteiger partial charge in [0.2, 0.25) is 0 Å². The number of carboxylic acid groups (broad SMARTS) is 3. The van der Waals surface area contributed by atoms with Crippen molar-refractivity contribution in [1.82, 2.24) is 0 Å². The summed E-state index contributed by atoms with van der Waals surface area (Å²) in [5.74, 6) is -5.02. The summed E-state index contributed by atoms with van der Waals surface area (Å²) in [6, 6.07) is 0. The second-order valence-electron chi connectivity index (χ2n) is 2.91. The second kappa shape index (κ2) is 8.42. The van der Waals surface area contributed by atoms with E-state index in [0.29, 0.717) is 0 Å². The van der Waals surface area contributed by atoms with Gasteiger partial charge < -0.3 is 20.4 Å². The third-order valence-electron chi connectivity index (χ3n) is 1.29. The Morgan fingerprint density at radius 2 is 1.11 bits per heavy atom. The number of halogens is 4. The Labute approximate surface area is 120 Å². The van der Waals surface area contributed by atoms with E-state index in [-0.39, 0.29) is 0 Å². The standard InChI is InChI=1S/C6H8O7.4ClH.Ti/c7-3(8)1-6(13,5(11)12)2-4(9)10;;;;;/h13H,1-2H2,(H,7,8)(H,9,10)(H,11,12);4*1H;/q;;;;;+4/p-4. The molecule has 0 aliphatic carbocycles. The molecule has 0 aromatic carbocycles. The Bertz CT molecular complexity index is 306. The fourth-order valence-corrected chi connectivity index (χ4v) is 0.714. The quantitative estimate of drug-likeness (QED) is 0.530. The maximum atomic E-state index is 10.3. The Hall–Kier alpha value is 0.244. The second-order valence-corrected chi connectivity index (χ2v) is 18.4. The van der Waals surface area contributed by atoms with Crippen LogP contribution in [0.2, 0.25) is 0 Å². The summed E-state index contributed by atoms with van der Waals surface area (Å²) in [7, 11) is 20.1. The van der Waals surface area contributed by atoms with E-state index < -0.39 is 48.7 Å². The normalized spacial score (nSPS) is 11.2. The first-order chi connectivity index (χ1) is 7.78. The summed E-state index contributed by atoms with van der Waals surface area (Å²) in [5, 5.41) is 33.8. The molecule has 0 unspecified atom stereocenters. The summed E-state index contributed by atoms with van der Waals surface area (Å²) in [5.41, 5.74) is -2.74. The van der Waals surface area contributed by atoms with Crippen molar-refractivity contribution in [2.45, 2.75) is 18.4 Å². The Morgan fingerprint density at radius 3 is 1.22 bits per heavy atom. The van der Waals surface area contributed by atoms with E-state index in [2.05, 4.69) is 0 Å². The van der Waals surface area contributed by atoms with Crippen LogP contribution in [0.25, 0.3) is 0 Å². The number of carbonyl (C=O) groups is 3. The van der Waals surface area contributed by atoms with Crippen LogP contribution in [0, 0.1) is 0 Å². The van der Waals surface area contributed by atoms with Crippen molar-refractivity contribution in [2.24, 2.45) is 0 Å². The molecular weight excluding hydrogens is 374 g/mol. The third-order valence-corrected chi connectivity index (χ3v) is 1.29. The van der Waals surface area contributed by atoms with Crippen molar-refractivity contribution >= 4 is 55.1 Å². The van der Waals surface area contributed by atoms with Crippen LogP contribution in [0.5, 0.6) is 0 Å². The zero-order chi connectivity index (χ0) is 15.1. The van der Waals surface area contributed by atoms with Gasteiger partial charge in [-0.25, -0.2) is 4.79 Å². The summed E-state index contributed by atoms with van der Waals surface area (Å²) >= 11 is -3.11. The van der Waals surface area contributed by atoms with Gasteiger partial charge >= 0.3 is 67.5 Å². The van der Waals surface area contributed by atoms with E-state index >= 15 is 0 Å². The molecule has 18 heavy (non-hydrogen) atoms. The van der Waals surface area contributed by atoms with Gasteiger partial charge in [0, 0.05) is 0 Å². The molecule has 0 aliphatic rings. The molecular formula is C6H8Cl4O7Ti. The van der Waals surface area contributed by atoms with E-state index in [4.69, 9.17) is 57.6 Å². The van der Waals surface area contributed by atoms with Crippen molar-refractivity contribution in [3.63, 3.8) is 0 Å². The fraction of sp³-hybridized carbons (Fsp3) is 0.500. The first kappa shape index (κ1) is 20.6. The summed E-state index contributed by atoms with van der Waals surface area (Å²) in [6.45, 7) is 0. The molecule has 0 aliphatic heterocycles. The zero-order valence-electron chi connectivity index (χ0n) is 8.44. The number of hydrogen-bond donors (Lipinski definition) is 4. The third kappa shape index (κ3) is 14.3. The van der Waals surface area contributed by atoms with Gasteiger partial charge in [0.25, 0.3) is 0 Å². The van der Waals surface area contributed by atoms with Crippen LogP contribution in [0.15, 0.2) is 0 Å². The molecule has 0 atom stereocenters. The molecule has 0 saturated heterocycles. The molecule has 106 valence electrons. The van der Waals surface area contributed by atoms with Crippen LogP contribution in [-0.2, 0) is 26.7 Å². The topological polar surface area (TPSA) is 132 Å². The predicted octanol–water partition coefficient (Wildman–Crippen LogP) is 1.51. The molecule has 0 spiro atoms. The average molecular weight is 382 g/mol. The molecule has 7 nitrogen and oxygen atoms in total. The van der Waals surface area contributed by atoms with Gasteiger partial charge in [-0.3, -0.25) is 9.59 Å². The molecule has 0 heterocycles. The van der Waals surface area contributed by atoms with E-state index in [0.717, 1.165) is 0 Å². The van der Waals surface area contributed by atoms with Gasteiger partial charge in [-0.1, -0.05) is 0 Å². The Morgan fingerprint density at radius 1 is 0.889 bits per heavy atom. The van der Waals surface area contributed by atoms with Gasteiger partial charge in [-0.05, 0) is 0 Å². The Kier molecular flexibility index (Phi) is 9.62.